The average molecular weight is 410 g/mol. The summed E-state index contributed by atoms with van der Waals surface area (Å²) in [6.45, 7) is 1.47. The Hall–Kier alpha value is -4.21. The molecule has 1 N–H and O–H groups in total. The molecule has 1 aromatic heterocycles. The van der Waals surface area contributed by atoms with Gasteiger partial charge in [-0.3, -0.25) is 14.9 Å². The molecule has 3 rings (SSSR count). The average Bonchev–Trinajstić information content (AvgIpc) is 3.17. The van der Waals surface area contributed by atoms with Crippen LogP contribution in [-0.4, -0.2) is 39.8 Å². The summed E-state index contributed by atoms with van der Waals surface area (Å²) in [5.41, 5.74) is 0.654. The van der Waals surface area contributed by atoms with Crippen LogP contribution in [0.3, 0.4) is 0 Å². The lowest BCUT2D eigenvalue weighted by Crippen LogP contribution is -2.23. The molecule has 10 nitrogen and oxygen atoms in total. The van der Waals surface area contributed by atoms with Gasteiger partial charge in [-0.15, -0.1) is 0 Å². The van der Waals surface area contributed by atoms with Crippen LogP contribution >= 0.6 is 0 Å². The Morgan fingerprint density at radius 2 is 1.83 bits per heavy atom. The zero-order valence-corrected chi connectivity index (χ0v) is 16.0. The SMILES string of the molecule is CCOC(=O)c1cnn(-c2ccccc2)c1NC(=O)COc1ccc([N+](=O)[O-])cc1. The largest absolute Gasteiger partial charge is 0.484 e. The second-order valence-electron chi connectivity index (χ2n) is 5.96. The molecule has 0 aliphatic carbocycles. The number of aromatic nitrogens is 2. The standard InChI is InChI=1S/C20H18N4O6/c1-2-29-20(26)17-12-21-23(14-6-4-3-5-7-14)19(17)22-18(25)13-30-16-10-8-15(9-11-16)24(27)28/h3-12H,2,13H2,1H3,(H,22,25). The normalized spacial score (nSPS) is 10.3. The van der Waals surface area contributed by atoms with E-state index in [1.54, 1.807) is 31.2 Å². The second-order valence-corrected chi connectivity index (χ2v) is 5.96. The van der Waals surface area contributed by atoms with Crippen LogP contribution in [-0.2, 0) is 9.53 Å². The van der Waals surface area contributed by atoms with Crippen molar-refractivity contribution in [1.82, 2.24) is 9.78 Å². The Labute approximate surface area is 171 Å². The van der Waals surface area contributed by atoms with Gasteiger partial charge < -0.3 is 14.8 Å². The minimum Gasteiger partial charge on any atom is -0.484 e. The number of non-ortho nitro benzene ring substituents is 1. The van der Waals surface area contributed by atoms with Gasteiger partial charge in [-0.25, -0.2) is 9.48 Å². The van der Waals surface area contributed by atoms with Gasteiger partial charge in [0, 0.05) is 12.1 Å². The second kappa shape index (κ2) is 9.32. The first-order chi connectivity index (χ1) is 14.5. The Morgan fingerprint density at radius 3 is 2.47 bits per heavy atom. The zero-order valence-electron chi connectivity index (χ0n) is 16.0. The number of hydrogen-bond acceptors (Lipinski definition) is 7. The summed E-state index contributed by atoms with van der Waals surface area (Å²) in [5.74, 6) is -0.724. The number of para-hydroxylation sites is 1. The topological polar surface area (TPSA) is 126 Å². The molecule has 0 saturated heterocycles. The molecular formula is C20H18N4O6. The summed E-state index contributed by atoms with van der Waals surface area (Å²) in [5, 5.41) is 17.5. The van der Waals surface area contributed by atoms with Crippen LogP contribution in [0.2, 0.25) is 0 Å². The lowest BCUT2D eigenvalue weighted by atomic mass is 10.3. The molecule has 1 heterocycles. The number of hydrogen-bond donors (Lipinski definition) is 1. The molecule has 0 spiro atoms. The van der Waals surface area contributed by atoms with Gasteiger partial charge in [-0.1, -0.05) is 18.2 Å². The first-order valence-electron chi connectivity index (χ1n) is 8.97. The molecule has 0 aliphatic heterocycles. The van der Waals surface area contributed by atoms with Gasteiger partial charge in [0.25, 0.3) is 11.6 Å². The van der Waals surface area contributed by atoms with E-state index in [2.05, 4.69) is 10.4 Å². The molecule has 10 heteroatoms. The maximum Gasteiger partial charge on any atom is 0.343 e. The van der Waals surface area contributed by atoms with Crippen molar-refractivity contribution < 1.29 is 24.0 Å². The van der Waals surface area contributed by atoms with E-state index in [1.807, 2.05) is 6.07 Å². The predicted molar refractivity (Wildman–Crippen MR) is 107 cm³/mol. The van der Waals surface area contributed by atoms with Crippen molar-refractivity contribution in [3.63, 3.8) is 0 Å². The zero-order chi connectivity index (χ0) is 21.5. The Balaban J connectivity index is 1.76. The number of amides is 1. The van der Waals surface area contributed by atoms with Gasteiger partial charge in [-0.2, -0.15) is 5.10 Å². The summed E-state index contributed by atoms with van der Waals surface area (Å²) in [7, 11) is 0. The highest BCUT2D eigenvalue weighted by Gasteiger charge is 2.21. The minimum absolute atomic E-state index is 0.0855. The van der Waals surface area contributed by atoms with E-state index >= 15 is 0 Å². The summed E-state index contributed by atoms with van der Waals surface area (Å²) in [4.78, 5) is 34.8. The van der Waals surface area contributed by atoms with E-state index in [-0.39, 0.29) is 36.0 Å². The number of anilines is 1. The molecule has 0 bridgehead atoms. The van der Waals surface area contributed by atoms with Gasteiger partial charge in [0.1, 0.15) is 11.3 Å². The number of nitrogens with zero attached hydrogens (tertiary/aromatic N) is 3. The lowest BCUT2D eigenvalue weighted by molar-refractivity contribution is -0.384. The third kappa shape index (κ3) is 4.79. The molecule has 0 saturated carbocycles. The quantitative estimate of drug-likeness (QED) is 0.344. The highest BCUT2D eigenvalue weighted by atomic mass is 16.6. The van der Waals surface area contributed by atoms with Crippen LogP contribution in [0.1, 0.15) is 17.3 Å². The van der Waals surface area contributed by atoms with Gasteiger partial charge in [0.2, 0.25) is 0 Å². The molecule has 30 heavy (non-hydrogen) atoms. The molecule has 0 atom stereocenters. The highest BCUT2D eigenvalue weighted by Crippen LogP contribution is 2.22. The van der Waals surface area contributed by atoms with Crippen LogP contribution in [0.25, 0.3) is 5.69 Å². The minimum atomic E-state index is -0.619. The number of ether oxygens (including phenoxy) is 2. The van der Waals surface area contributed by atoms with E-state index in [0.29, 0.717) is 5.69 Å². The maximum absolute atomic E-state index is 12.4. The van der Waals surface area contributed by atoms with Gasteiger partial charge in [0.15, 0.2) is 12.4 Å². The Morgan fingerprint density at radius 1 is 1.13 bits per heavy atom. The molecule has 3 aromatic rings. The van der Waals surface area contributed by atoms with E-state index in [9.17, 15) is 19.7 Å². The van der Waals surface area contributed by atoms with Crippen molar-refractivity contribution in [3.8, 4) is 11.4 Å². The predicted octanol–water partition coefficient (Wildman–Crippen LogP) is 2.97. The number of carbonyl (C=O) groups is 2. The van der Waals surface area contributed by atoms with Crippen molar-refractivity contribution in [2.45, 2.75) is 6.92 Å². The van der Waals surface area contributed by atoms with Crippen molar-refractivity contribution in [2.75, 3.05) is 18.5 Å². The van der Waals surface area contributed by atoms with Crippen LogP contribution < -0.4 is 10.1 Å². The highest BCUT2D eigenvalue weighted by molar-refractivity contribution is 6.00. The van der Waals surface area contributed by atoms with Crippen molar-refractivity contribution in [1.29, 1.82) is 0 Å². The summed E-state index contributed by atoms with van der Waals surface area (Å²) >= 11 is 0. The van der Waals surface area contributed by atoms with Crippen molar-refractivity contribution in [3.05, 3.63) is 76.5 Å². The number of nitro benzene ring substituents is 1. The van der Waals surface area contributed by atoms with E-state index in [0.717, 1.165) is 0 Å². The van der Waals surface area contributed by atoms with Gasteiger partial charge in [0.05, 0.1) is 23.4 Å². The van der Waals surface area contributed by atoms with Crippen molar-refractivity contribution in [2.24, 2.45) is 0 Å². The summed E-state index contributed by atoms with van der Waals surface area (Å²) in [6, 6.07) is 14.3. The van der Waals surface area contributed by atoms with E-state index in [4.69, 9.17) is 9.47 Å². The third-order valence-electron chi connectivity index (χ3n) is 3.94. The van der Waals surface area contributed by atoms with Gasteiger partial charge >= 0.3 is 5.97 Å². The van der Waals surface area contributed by atoms with Crippen LogP contribution in [0.5, 0.6) is 5.75 Å². The lowest BCUT2D eigenvalue weighted by Gasteiger charge is -2.11. The van der Waals surface area contributed by atoms with Crippen LogP contribution in [0, 0.1) is 10.1 Å². The molecule has 154 valence electrons. The molecular weight excluding hydrogens is 392 g/mol. The fourth-order valence-corrected chi connectivity index (χ4v) is 2.57. The van der Waals surface area contributed by atoms with Crippen LogP contribution in [0.4, 0.5) is 11.5 Å². The van der Waals surface area contributed by atoms with E-state index < -0.39 is 16.8 Å². The number of nitro groups is 1. The first-order valence-corrected chi connectivity index (χ1v) is 8.97. The van der Waals surface area contributed by atoms with E-state index in [1.165, 1.54) is 35.1 Å². The molecule has 2 aromatic carbocycles. The summed E-state index contributed by atoms with van der Waals surface area (Å²) in [6.07, 6.45) is 1.32. The number of rotatable bonds is 8. The number of carbonyl (C=O) groups excluding carboxylic acids is 2. The number of esters is 1. The molecule has 0 unspecified atom stereocenters. The maximum atomic E-state index is 12.4. The third-order valence-corrected chi connectivity index (χ3v) is 3.94. The number of benzene rings is 2. The molecule has 1 amide bonds. The summed E-state index contributed by atoms with van der Waals surface area (Å²) < 4.78 is 11.8. The molecule has 0 fully saturated rings. The monoisotopic (exact) mass is 410 g/mol. The van der Waals surface area contributed by atoms with Crippen LogP contribution in [0.15, 0.2) is 60.8 Å². The fourth-order valence-electron chi connectivity index (χ4n) is 2.57. The number of nitrogens with one attached hydrogen (secondary N) is 1. The first kappa shape index (κ1) is 20.5. The Kier molecular flexibility index (Phi) is 6.38. The molecule has 0 aliphatic rings. The van der Waals surface area contributed by atoms with Crippen molar-refractivity contribution >= 4 is 23.4 Å². The van der Waals surface area contributed by atoms with Gasteiger partial charge in [-0.05, 0) is 31.2 Å². The fraction of sp³-hybridized carbons (Fsp3) is 0.150. The smallest absolute Gasteiger partial charge is 0.343 e. The Bertz CT molecular complexity index is 1050. The molecule has 0 radical (unpaired) electrons.